The van der Waals surface area contributed by atoms with E-state index in [1.807, 2.05) is 41.3 Å². The normalized spacial score (nSPS) is 23.0. The number of benzene rings is 2. The molecule has 0 radical (unpaired) electrons. The molecule has 3 atom stereocenters. The van der Waals surface area contributed by atoms with E-state index in [4.69, 9.17) is 0 Å². The minimum Gasteiger partial charge on any atom is -0.334 e. The third kappa shape index (κ3) is 5.99. The summed E-state index contributed by atoms with van der Waals surface area (Å²) < 4.78 is 15.0. The van der Waals surface area contributed by atoms with E-state index in [0.717, 1.165) is 23.4 Å². The Morgan fingerprint density at radius 3 is 2.49 bits per heavy atom. The number of halogens is 1. The molecule has 0 saturated carbocycles. The van der Waals surface area contributed by atoms with E-state index in [9.17, 15) is 18.8 Å². The number of rotatable bonds is 5. The third-order valence-corrected chi connectivity index (χ3v) is 8.65. The summed E-state index contributed by atoms with van der Waals surface area (Å²) in [7, 11) is 0. The molecule has 0 spiro atoms. The molecule has 7 heteroatoms. The number of carbonyl (C=O) groups excluding carboxylic acids is 3. The fourth-order valence-corrected chi connectivity index (χ4v) is 6.42. The first-order chi connectivity index (χ1) is 19.5. The second-order valence-electron chi connectivity index (χ2n) is 12.5. The van der Waals surface area contributed by atoms with Crippen LogP contribution in [0.1, 0.15) is 74.4 Å². The standard InChI is InChI=1S/C34H40FN3O3/c1-22-9-5-13-28(35)30(22)33(41)38-20-7-12-27(32(40)36-25-11-6-10-24(21-25)34(2,3)4)31(38)23-15-17-26(18-16-23)37-19-8-14-29(37)39/h5-6,9-11,13,15,17-18,21,23,27,31H,7-8,12,14,16,19-20H2,1-4H3,(H,36,40)/t23?,27?,31-/m0/s1. The Morgan fingerprint density at radius 1 is 1.05 bits per heavy atom. The molecule has 2 aromatic rings. The molecule has 2 saturated heterocycles. The van der Waals surface area contributed by atoms with Gasteiger partial charge in [-0.3, -0.25) is 14.4 Å². The number of carbonyl (C=O) groups is 3. The van der Waals surface area contributed by atoms with Crippen molar-refractivity contribution in [3.8, 4) is 0 Å². The maximum Gasteiger partial charge on any atom is 0.257 e. The van der Waals surface area contributed by atoms with Gasteiger partial charge in [0, 0.05) is 36.8 Å². The quantitative estimate of drug-likeness (QED) is 0.464. The van der Waals surface area contributed by atoms with Gasteiger partial charge in [0.2, 0.25) is 11.8 Å². The second-order valence-corrected chi connectivity index (χ2v) is 12.5. The van der Waals surface area contributed by atoms with E-state index in [-0.39, 0.29) is 34.6 Å². The summed E-state index contributed by atoms with van der Waals surface area (Å²) in [6.45, 7) is 9.29. The highest BCUT2D eigenvalue weighted by Crippen LogP contribution is 2.37. The van der Waals surface area contributed by atoms with Crippen LogP contribution in [0, 0.1) is 24.6 Å². The van der Waals surface area contributed by atoms with Crippen LogP contribution in [0.4, 0.5) is 10.1 Å². The fourth-order valence-electron chi connectivity index (χ4n) is 6.42. The van der Waals surface area contributed by atoms with Crippen molar-refractivity contribution < 1.29 is 18.8 Å². The van der Waals surface area contributed by atoms with Gasteiger partial charge >= 0.3 is 0 Å². The molecule has 3 aliphatic rings. The van der Waals surface area contributed by atoms with Crippen molar-refractivity contribution >= 4 is 23.4 Å². The number of aryl methyl sites for hydroxylation is 1. The van der Waals surface area contributed by atoms with Gasteiger partial charge in [0.15, 0.2) is 0 Å². The summed E-state index contributed by atoms with van der Waals surface area (Å²) in [6, 6.07) is 12.1. The molecule has 2 aliphatic heterocycles. The molecule has 2 aromatic carbocycles. The Kier molecular flexibility index (Phi) is 8.16. The zero-order valence-corrected chi connectivity index (χ0v) is 24.5. The zero-order chi connectivity index (χ0) is 29.3. The number of hydrogen-bond donors (Lipinski definition) is 1. The average Bonchev–Trinajstić information content (AvgIpc) is 3.38. The number of hydrogen-bond acceptors (Lipinski definition) is 3. The molecule has 5 rings (SSSR count). The Hall–Kier alpha value is -3.74. The van der Waals surface area contributed by atoms with Crippen LogP contribution in [0.5, 0.6) is 0 Å². The van der Waals surface area contributed by atoms with Crippen molar-refractivity contribution in [1.82, 2.24) is 9.80 Å². The van der Waals surface area contributed by atoms with Crippen LogP contribution in [0.2, 0.25) is 0 Å². The molecule has 1 aliphatic carbocycles. The van der Waals surface area contributed by atoms with Crippen LogP contribution in [0.15, 0.2) is 66.4 Å². The predicted molar refractivity (Wildman–Crippen MR) is 159 cm³/mol. The topological polar surface area (TPSA) is 69.7 Å². The zero-order valence-electron chi connectivity index (χ0n) is 24.5. The average molecular weight is 558 g/mol. The van der Waals surface area contributed by atoms with Crippen molar-refractivity contribution in [3.05, 3.63) is 88.9 Å². The van der Waals surface area contributed by atoms with Gasteiger partial charge in [0.25, 0.3) is 5.91 Å². The molecule has 3 amide bonds. The third-order valence-electron chi connectivity index (χ3n) is 8.65. The van der Waals surface area contributed by atoms with E-state index >= 15 is 0 Å². The second kappa shape index (κ2) is 11.6. The first-order valence-corrected chi connectivity index (χ1v) is 14.7. The number of nitrogens with one attached hydrogen (secondary N) is 1. The highest BCUT2D eigenvalue weighted by atomic mass is 19.1. The maximum absolute atomic E-state index is 15.0. The molecule has 6 nitrogen and oxygen atoms in total. The number of anilines is 1. The summed E-state index contributed by atoms with van der Waals surface area (Å²) in [6.07, 6.45) is 9.29. The predicted octanol–water partition coefficient (Wildman–Crippen LogP) is 6.37. The minimum atomic E-state index is -0.548. The summed E-state index contributed by atoms with van der Waals surface area (Å²) in [4.78, 5) is 43.7. The van der Waals surface area contributed by atoms with Crippen LogP contribution in [-0.4, -0.2) is 46.7 Å². The van der Waals surface area contributed by atoms with Crippen molar-refractivity contribution in [1.29, 1.82) is 0 Å². The first kappa shape index (κ1) is 28.8. The Morgan fingerprint density at radius 2 is 1.83 bits per heavy atom. The maximum atomic E-state index is 15.0. The SMILES string of the molecule is Cc1cccc(F)c1C(=O)N1CCCC(C(=O)Nc2cccc(C(C)(C)C)c2)[C@@H]1C1C=CC(N2CCCC2=O)=CC1. The summed E-state index contributed by atoms with van der Waals surface area (Å²) >= 11 is 0. The summed E-state index contributed by atoms with van der Waals surface area (Å²) in [5.41, 5.74) is 3.30. The van der Waals surface area contributed by atoms with Gasteiger partial charge in [-0.25, -0.2) is 4.39 Å². The van der Waals surface area contributed by atoms with Gasteiger partial charge in [0.1, 0.15) is 5.82 Å². The van der Waals surface area contributed by atoms with E-state index < -0.39 is 17.8 Å². The Labute approximate surface area is 242 Å². The summed E-state index contributed by atoms with van der Waals surface area (Å²) in [5.74, 6) is -1.57. The number of nitrogens with zero attached hydrogens (tertiary/aromatic N) is 2. The molecular formula is C34H40FN3O3. The van der Waals surface area contributed by atoms with E-state index in [0.29, 0.717) is 44.3 Å². The lowest BCUT2D eigenvalue weighted by atomic mass is 9.77. The largest absolute Gasteiger partial charge is 0.334 e. The van der Waals surface area contributed by atoms with Crippen molar-refractivity contribution in [2.75, 3.05) is 18.4 Å². The molecule has 41 heavy (non-hydrogen) atoms. The van der Waals surface area contributed by atoms with Gasteiger partial charge in [0.05, 0.1) is 17.5 Å². The number of piperidine rings is 1. The minimum absolute atomic E-state index is 0.0649. The highest BCUT2D eigenvalue weighted by Gasteiger charge is 2.43. The molecular weight excluding hydrogens is 517 g/mol. The smallest absolute Gasteiger partial charge is 0.257 e. The van der Waals surface area contributed by atoms with Crippen LogP contribution in [0.25, 0.3) is 0 Å². The molecule has 216 valence electrons. The van der Waals surface area contributed by atoms with E-state index in [1.165, 1.54) is 6.07 Å². The summed E-state index contributed by atoms with van der Waals surface area (Å²) in [5, 5.41) is 3.13. The van der Waals surface area contributed by atoms with Gasteiger partial charge in [-0.1, -0.05) is 57.2 Å². The van der Waals surface area contributed by atoms with Gasteiger partial charge in [-0.05, 0) is 73.4 Å². The van der Waals surface area contributed by atoms with Crippen molar-refractivity contribution in [3.63, 3.8) is 0 Å². The van der Waals surface area contributed by atoms with E-state index in [2.05, 4.69) is 32.2 Å². The number of allylic oxidation sites excluding steroid dienone is 2. The van der Waals surface area contributed by atoms with Crippen LogP contribution >= 0.6 is 0 Å². The monoisotopic (exact) mass is 557 g/mol. The lowest BCUT2D eigenvalue weighted by molar-refractivity contribution is -0.126. The Balaban J connectivity index is 1.46. The lowest BCUT2D eigenvalue weighted by Crippen LogP contribution is -2.55. The van der Waals surface area contributed by atoms with Gasteiger partial charge in [-0.15, -0.1) is 0 Å². The van der Waals surface area contributed by atoms with Crippen molar-refractivity contribution in [2.45, 2.75) is 71.3 Å². The molecule has 2 heterocycles. The van der Waals surface area contributed by atoms with Crippen LogP contribution in [-0.2, 0) is 15.0 Å². The number of likely N-dealkylation sites (tertiary alicyclic amines) is 2. The molecule has 2 unspecified atom stereocenters. The lowest BCUT2D eigenvalue weighted by Gasteiger charge is -2.44. The first-order valence-electron chi connectivity index (χ1n) is 14.7. The fraction of sp³-hybridized carbons (Fsp3) is 0.441. The van der Waals surface area contributed by atoms with Crippen LogP contribution in [0.3, 0.4) is 0 Å². The highest BCUT2D eigenvalue weighted by molar-refractivity contribution is 5.98. The molecule has 2 fully saturated rings. The number of amides is 3. The van der Waals surface area contributed by atoms with Crippen molar-refractivity contribution in [2.24, 2.45) is 11.8 Å². The van der Waals surface area contributed by atoms with Crippen LogP contribution < -0.4 is 5.32 Å². The van der Waals surface area contributed by atoms with Gasteiger partial charge in [-0.2, -0.15) is 0 Å². The molecule has 1 N–H and O–H groups in total. The van der Waals surface area contributed by atoms with E-state index in [1.54, 1.807) is 24.0 Å². The molecule has 0 bridgehead atoms. The molecule has 0 aromatic heterocycles. The van der Waals surface area contributed by atoms with Gasteiger partial charge < -0.3 is 15.1 Å². The Bertz CT molecular complexity index is 1390.